The highest BCUT2D eigenvalue weighted by molar-refractivity contribution is 9.10. The number of anilines is 1. The van der Waals surface area contributed by atoms with Gasteiger partial charge >= 0.3 is 0 Å². The van der Waals surface area contributed by atoms with E-state index in [-0.39, 0.29) is 12.0 Å². The molecule has 1 N–H and O–H groups in total. The summed E-state index contributed by atoms with van der Waals surface area (Å²) in [5, 5.41) is 2.86. The Morgan fingerprint density at radius 2 is 2.08 bits per heavy atom. The Balaban J connectivity index is 2.09. The third kappa shape index (κ3) is 5.13. The number of hydrogen-bond acceptors (Lipinski definition) is 3. The summed E-state index contributed by atoms with van der Waals surface area (Å²) >= 11 is 3.44. The number of carbonyl (C=O) groups is 1. The largest absolute Gasteiger partial charge is 0.490 e. The summed E-state index contributed by atoms with van der Waals surface area (Å²) in [5.41, 5.74) is 1.20. The molecule has 0 atom stereocenters. The van der Waals surface area contributed by atoms with Gasteiger partial charge in [-0.3, -0.25) is 4.79 Å². The lowest BCUT2D eigenvalue weighted by molar-refractivity contribution is 0.102. The molecule has 0 fully saturated rings. The normalized spacial score (nSPS) is 10.3. The summed E-state index contributed by atoms with van der Waals surface area (Å²) in [6.07, 6.45) is 1.74. The molecule has 0 spiro atoms. The zero-order chi connectivity index (χ0) is 17.5. The van der Waals surface area contributed by atoms with Gasteiger partial charge in [0.1, 0.15) is 18.1 Å². The Morgan fingerprint density at radius 3 is 2.75 bits per heavy atom. The number of benzene rings is 2. The van der Waals surface area contributed by atoms with Gasteiger partial charge in [-0.1, -0.05) is 18.7 Å². The van der Waals surface area contributed by atoms with Crippen LogP contribution in [0.5, 0.6) is 11.5 Å². The minimum absolute atomic E-state index is 0.0688. The second-order valence-corrected chi connectivity index (χ2v) is 6.25. The molecule has 0 aromatic heterocycles. The van der Waals surface area contributed by atoms with Crippen molar-refractivity contribution in [1.82, 2.24) is 0 Å². The van der Waals surface area contributed by atoms with Crippen LogP contribution in [0, 0.1) is 0 Å². The highest BCUT2D eigenvalue weighted by Crippen LogP contribution is 2.27. The minimum atomic E-state index is -0.201. The molecule has 4 nitrogen and oxygen atoms in total. The zero-order valence-electron chi connectivity index (χ0n) is 13.7. The predicted molar refractivity (Wildman–Crippen MR) is 100.0 cm³/mol. The molecule has 0 saturated heterocycles. The monoisotopic (exact) mass is 389 g/mol. The third-order valence-electron chi connectivity index (χ3n) is 3.02. The van der Waals surface area contributed by atoms with E-state index in [1.807, 2.05) is 32.0 Å². The van der Waals surface area contributed by atoms with E-state index in [1.54, 1.807) is 30.3 Å². The molecule has 0 aliphatic carbocycles. The molecule has 0 bridgehead atoms. The summed E-state index contributed by atoms with van der Waals surface area (Å²) in [4.78, 5) is 12.4. The first-order valence-corrected chi connectivity index (χ1v) is 8.40. The van der Waals surface area contributed by atoms with Gasteiger partial charge in [0, 0.05) is 17.3 Å². The predicted octanol–water partition coefficient (Wildman–Crippen LogP) is 5.05. The van der Waals surface area contributed by atoms with Crippen molar-refractivity contribution in [3.05, 3.63) is 65.2 Å². The summed E-state index contributed by atoms with van der Waals surface area (Å²) in [7, 11) is 0. The molecule has 0 unspecified atom stereocenters. The van der Waals surface area contributed by atoms with Crippen molar-refractivity contribution < 1.29 is 14.3 Å². The standard InChI is InChI=1S/C19H20BrNO3/c1-4-10-23-16-7-5-6-15(12-16)21-19(22)14-8-9-18(17(20)11-14)24-13(2)3/h4-9,11-13H,1,10H2,2-3H3,(H,21,22). The first-order valence-electron chi connectivity index (χ1n) is 7.61. The van der Waals surface area contributed by atoms with Gasteiger partial charge in [0.2, 0.25) is 0 Å². The highest BCUT2D eigenvalue weighted by Gasteiger charge is 2.11. The van der Waals surface area contributed by atoms with Gasteiger partial charge in [0.15, 0.2) is 0 Å². The van der Waals surface area contributed by atoms with Crippen LogP contribution >= 0.6 is 15.9 Å². The van der Waals surface area contributed by atoms with E-state index >= 15 is 0 Å². The van der Waals surface area contributed by atoms with Crippen molar-refractivity contribution in [2.75, 3.05) is 11.9 Å². The van der Waals surface area contributed by atoms with E-state index in [1.165, 1.54) is 0 Å². The average Bonchev–Trinajstić information content (AvgIpc) is 2.54. The van der Waals surface area contributed by atoms with Crippen molar-refractivity contribution in [3.63, 3.8) is 0 Å². The van der Waals surface area contributed by atoms with Crippen LogP contribution in [0.15, 0.2) is 59.6 Å². The van der Waals surface area contributed by atoms with Crippen LogP contribution in [0.1, 0.15) is 24.2 Å². The lowest BCUT2D eigenvalue weighted by Crippen LogP contribution is -2.12. The second-order valence-electron chi connectivity index (χ2n) is 5.39. The van der Waals surface area contributed by atoms with Crippen molar-refractivity contribution in [1.29, 1.82) is 0 Å². The van der Waals surface area contributed by atoms with Crippen LogP contribution in [0.4, 0.5) is 5.69 Å². The second kappa shape index (κ2) is 8.55. The number of ether oxygens (including phenoxy) is 2. The van der Waals surface area contributed by atoms with Crippen molar-refractivity contribution in [2.45, 2.75) is 20.0 Å². The van der Waals surface area contributed by atoms with E-state index in [0.717, 1.165) is 4.47 Å². The van der Waals surface area contributed by atoms with Gasteiger partial charge in [0.25, 0.3) is 5.91 Å². The first-order chi connectivity index (χ1) is 11.5. The smallest absolute Gasteiger partial charge is 0.255 e. The number of amides is 1. The van der Waals surface area contributed by atoms with Crippen molar-refractivity contribution in [3.8, 4) is 11.5 Å². The zero-order valence-corrected chi connectivity index (χ0v) is 15.3. The quantitative estimate of drug-likeness (QED) is 0.673. The molecule has 0 heterocycles. The van der Waals surface area contributed by atoms with E-state index < -0.39 is 0 Å². The lowest BCUT2D eigenvalue weighted by atomic mass is 10.2. The first kappa shape index (κ1) is 18.1. The average molecular weight is 390 g/mol. The molecular weight excluding hydrogens is 370 g/mol. The molecule has 5 heteroatoms. The molecule has 0 radical (unpaired) electrons. The third-order valence-corrected chi connectivity index (χ3v) is 3.64. The SMILES string of the molecule is C=CCOc1cccc(NC(=O)c2ccc(OC(C)C)c(Br)c2)c1. The van der Waals surface area contributed by atoms with Crippen LogP contribution in [0.3, 0.4) is 0 Å². The Bertz CT molecular complexity index is 728. The van der Waals surface area contributed by atoms with Crippen LogP contribution in [0.25, 0.3) is 0 Å². The Labute approximate surface area is 150 Å². The molecule has 2 rings (SSSR count). The van der Waals surface area contributed by atoms with Gasteiger partial charge in [-0.05, 0) is 60.1 Å². The van der Waals surface area contributed by atoms with Gasteiger partial charge < -0.3 is 14.8 Å². The van der Waals surface area contributed by atoms with E-state index in [4.69, 9.17) is 9.47 Å². The summed E-state index contributed by atoms with van der Waals surface area (Å²) in [5.74, 6) is 1.18. The van der Waals surface area contributed by atoms with Gasteiger partial charge in [-0.2, -0.15) is 0 Å². The number of rotatable bonds is 7. The van der Waals surface area contributed by atoms with Gasteiger partial charge in [-0.15, -0.1) is 0 Å². The summed E-state index contributed by atoms with van der Waals surface area (Å²) < 4.78 is 11.9. The molecule has 24 heavy (non-hydrogen) atoms. The Hall–Kier alpha value is -2.27. The molecule has 0 aliphatic heterocycles. The fourth-order valence-corrected chi connectivity index (χ4v) is 2.49. The van der Waals surface area contributed by atoms with E-state index in [0.29, 0.717) is 29.4 Å². The fraction of sp³-hybridized carbons (Fsp3) is 0.211. The summed E-state index contributed by atoms with van der Waals surface area (Å²) in [6, 6.07) is 12.5. The molecule has 0 saturated carbocycles. The lowest BCUT2D eigenvalue weighted by Gasteiger charge is -2.13. The summed E-state index contributed by atoms with van der Waals surface area (Å²) in [6.45, 7) is 7.93. The van der Waals surface area contributed by atoms with Gasteiger partial charge in [0.05, 0.1) is 10.6 Å². The minimum Gasteiger partial charge on any atom is -0.490 e. The molecule has 126 valence electrons. The molecule has 2 aromatic carbocycles. The fourth-order valence-electron chi connectivity index (χ4n) is 2.01. The highest BCUT2D eigenvalue weighted by atomic mass is 79.9. The number of carbonyl (C=O) groups excluding carboxylic acids is 1. The van der Waals surface area contributed by atoms with Crippen LogP contribution in [0.2, 0.25) is 0 Å². The Morgan fingerprint density at radius 1 is 1.29 bits per heavy atom. The molecule has 0 aliphatic rings. The van der Waals surface area contributed by atoms with Crippen LogP contribution in [-0.2, 0) is 0 Å². The number of hydrogen-bond donors (Lipinski definition) is 1. The molecular formula is C19H20BrNO3. The van der Waals surface area contributed by atoms with Crippen molar-refractivity contribution in [2.24, 2.45) is 0 Å². The van der Waals surface area contributed by atoms with Crippen molar-refractivity contribution >= 4 is 27.5 Å². The number of nitrogens with one attached hydrogen (secondary N) is 1. The topological polar surface area (TPSA) is 47.6 Å². The van der Waals surface area contributed by atoms with E-state index in [9.17, 15) is 4.79 Å². The Kier molecular flexibility index (Phi) is 6.44. The molecule has 1 amide bonds. The van der Waals surface area contributed by atoms with Crippen LogP contribution in [-0.4, -0.2) is 18.6 Å². The molecule has 2 aromatic rings. The number of halogens is 1. The maximum Gasteiger partial charge on any atom is 0.255 e. The maximum atomic E-state index is 12.4. The van der Waals surface area contributed by atoms with Gasteiger partial charge in [-0.25, -0.2) is 0 Å². The van der Waals surface area contributed by atoms with Crippen LogP contribution < -0.4 is 14.8 Å². The maximum absolute atomic E-state index is 12.4. The van der Waals surface area contributed by atoms with E-state index in [2.05, 4.69) is 27.8 Å².